The van der Waals surface area contributed by atoms with Crippen molar-refractivity contribution in [3.05, 3.63) is 47.3 Å². The van der Waals surface area contributed by atoms with Crippen LogP contribution >= 0.6 is 0 Å². The van der Waals surface area contributed by atoms with Crippen molar-refractivity contribution < 1.29 is 17.6 Å². The van der Waals surface area contributed by atoms with Crippen molar-refractivity contribution in [1.82, 2.24) is 0 Å². The van der Waals surface area contributed by atoms with Gasteiger partial charge in [0.15, 0.2) is 0 Å². The largest absolute Gasteiger partial charge is 0.412 e. The molecule has 0 aromatic heterocycles. The summed E-state index contributed by atoms with van der Waals surface area (Å²) >= 11 is 0. The van der Waals surface area contributed by atoms with Crippen molar-refractivity contribution in [2.24, 2.45) is 17.8 Å². The Kier molecular flexibility index (Phi) is 8.42. The van der Waals surface area contributed by atoms with E-state index in [2.05, 4.69) is 31.2 Å². The van der Waals surface area contributed by atoms with Gasteiger partial charge in [-0.3, -0.25) is 0 Å². The molecule has 0 unspecified atom stereocenters. The molecular formula is C26H36F4. The molecule has 3 rings (SSSR count). The quantitative estimate of drug-likeness (QED) is 0.383. The lowest BCUT2D eigenvalue weighted by molar-refractivity contribution is -0.0821. The second-order valence-electron chi connectivity index (χ2n) is 9.58. The fraction of sp³-hybridized carbons (Fsp3) is 0.692. The van der Waals surface area contributed by atoms with Crippen LogP contribution < -0.4 is 0 Å². The number of aryl methyl sites for hydroxylation is 1. The van der Waals surface area contributed by atoms with Crippen LogP contribution in [0.1, 0.15) is 94.6 Å². The van der Waals surface area contributed by atoms with Gasteiger partial charge in [0.2, 0.25) is 0 Å². The molecule has 0 aliphatic heterocycles. The summed E-state index contributed by atoms with van der Waals surface area (Å²) in [5.41, 5.74) is 2.81. The van der Waals surface area contributed by atoms with E-state index in [0.717, 1.165) is 31.6 Å². The minimum atomic E-state index is -4.55. The Morgan fingerprint density at radius 1 is 0.867 bits per heavy atom. The van der Waals surface area contributed by atoms with Gasteiger partial charge in [0, 0.05) is 5.92 Å². The third-order valence-corrected chi connectivity index (χ3v) is 7.37. The van der Waals surface area contributed by atoms with Gasteiger partial charge < -0.3 is 0 Å². The molecule has 0 nitrogen and oxygen atoms in total. The first kappa shape index (κ1) is 23.3. The minimum Gasteiger partial charge on any atom is -0.212 e. The molecule has 2 fully saturated rings. The van der Waals surface area contributed by atoms with Crippen LogP contribution in [0.15, 0.2) is 36.2 Å². The van der Waals surface area contributed by atoms with Crippen LogP contribution in [0.2, 0.25) is 0 Å². The van der Waals surface area contributed by atoms with Crippen LogP contribution in [0, 0.1) is 17.8 Å². The molecule has 0 heterocycles. The molecule has 2 aliphatic rings. The van der Waals surface area contributed by atoms with Gasteiger partial charge in [0.25, 0.3) is 0 Å². The van der Waals surface area contributed by atoms with Crippen LogP contribution in [0.3, 0.4) is 0 Å². The molecule has 0 atom stereocenters. The van der Waals surface area contributed by atoms with Crippen molar-refractivity contribution in [2.45, 2.75) is 96.1 Å². The Morgan fingerprint density at radius 3 is 2.00 bits per heavy atom. The molecule has 2 aliphatic carbocycles. The summed E-state index contributed by atoms with van der Waals surface area (Å²) in [6, 6.07) is 9.11. The average molecular weight is 425 g/mol. The van der Waals surface area contributed by atoms with Crippen molar-refractivity contribution in [1.29, 1.82) is 0 Å². The molecule has 1 aromatic carbocycles. The van der Waals surface area contributed by atoms with E-state index in [1.165, 1.54) is 49.7 Å². The Morgan fingerprint density at radius 2 is 1.43 bits per heavy atom. The molecule has 0 saturated heterocycles. The molecule has 0 amide bonds. The summed E-state index contributed by atoms with van der Waals surface area (Å²) in [6.07, 6.45) is 8.06. The van der Waals surface area contributed by atoms with E-state index >= 15 is 0 Å². The summed E-state index contributed by atoms with van der Waals surface area (Å²) < 4.78 is 50.7. The molecule has 4 heteroatoms. The van der Waals surface area contributed by atoms with Crippen LogP contribution in [-0.2, 0) is 6.42 Å². The molecule has 0 spiro atoms. The number of allylic oxidation sites excluding steroid dienone is 2. The number of hydrogen-bond donors (Lipinski definition) is 0. The number of rotatable bonds is 7. The predicted octanol–water partition coefficient (Wildman–Crippen LogP) is 8.92. The topological polar surface area (TPSA) is 0 Å². The van der Waals surface area contributed by atoms with Gasteiger partial charge >= 0.3 is 6.18 Å². The van der Waals surface area contributed by atoms with E-state index in [0.29, 0.717) is 24.7 Å². The third-order valence-electron chi connectivity index (χ3n) is 7.37. The fourth-order valence-electron chi connectivity index (χ4n) is 5.52. The summed E-state index contributed by atoms with van der Waals surface area (Å²) in [5, 5.41) is 0. The Bertz CT molecular complexity index is 657. The molecule has 2 saturated carbocycles. The van der Waals surface area contributed by atoms with Crippen LogP contribution in [0.5, 0.6) is 0 Å². The van der Waals surface area contributed by atoms with Crippen molar-refractivity contribution >= 4 is 0 Å². The predicted molar refractivity (Wildman–Crippen MR) is 115 cm³/mol. The Hall–Kier alpha value is -1.32. The second-order valence-corrected chi connectivity index (χ2v) is 9.58. The summed E-state index contributed by atoms with van der Waals surface area (Å²) in [4.78, 5) is 0. The third kappa shape index (κ3) is 7.13. The molecule has 30 heavy (non-hydrogen) atoms. The maximum absolute atomic E-state index is 13.8. The standard InChI is InChI=1S/C26H36F4/c1-2-3-19-6-12-22(13-7-19)23-14-8-20(9-15-23)4-5-21-10-16-24(17-11-21)25(27)18-26(28,29)30/h8-9,14-15,18-19,21-22,24H,2-7,10-13,16-17H2,1H3. The normalized spacial score (nSPS) is 28.5. The fourth-order valence-corrected chi connectivity index (χ4v) is 5.52. The number of benzene rings is 1. The van der Waals surface area contributed by atoms with Crippen LogP contribution in [0.4, 0.5) is 17.6 Å². The van der Waals surface area contributed by atoms with Crippen LogP contribution in [-0.4, -0.2) is 6.18 Å². The van der Waals surface area contributed by atoms with Crippen molar-refractivity contribution in [3.8, 4) is 0 Å². The van der Waals surface area contributed by atoms with Gasteiger partial charge in [0.05, 0.1) is 6.08 Å². The summed E-state index contributed by atoms with van der Waals surface area (Å²) in [5.74, 6) is 0.600. The first-order chi connectivity index (χ1) is 14.3. The lowest BCUT2D eigenvalue weighted by Gasteiger charge is -2.29. The van der Waals surface area contributed by atoms with E-state index in [1.54, 1.807) is 0 Å². The zero-order valence-corrected chi connectivity index (χ0v) is 18.2. The first-order valence-electron chi connectivity index (χ1n) is 11.9. The van der Waals surface area contributed by atoms with Crippen LogP contribution in [0.25, 0.3) is 0 Å². The van der Waals surface area contributed by atoms with E-state index in [1.807, 2.05) is 0 Å². The van der Waals surface area contributed by atoms with Gasteiger partial charge in [-0.1, -0.05) is 44.0 Å². The van der Waals surface area contributed by atoms with Gasteiger partial charge in [-0.05, 0) is 93.1 Å². The van der Waals surface area contributed by atoms with E-state index in [-0.39, 0.29) is 6.08 Å². The van der Waals surface area contributed by atoms with E-state index < -0.39 is 17.9 Å². The summed E-state index contributed by atoms with van der Waals surface area (Å²) in [6.45, 7) is 2.28. The SMILES string of the molecule is CCCC1CCC(c2ccc(CCC3CCC(C(F)=CC(F)(F)F)CC3)cc2)CC1. The highest BCUT2D eigenvalue weighted by Gasteiger charge is 2.30. The zero-order valence-electron chi connectivity index (χ0n) is 18.2. The van der Waals surface area contributed by atoms with Crippen molar-refractivity contribution in [2.75, 3.05) is 0 Å². The smallest absolute Gasteiger partial charge is 0.212 e. The Balaban J connectivity index is 1.40. The molecular weight excluding hydrogens is 388 g/mol. The van der Waals surface area contributed by atoms with Gasteiger partial charge in [-0.25, -0.2) is 4.39 Å². The lowest BCUT2D eigenvalue weighted by Crippen LogP contribution is -2.17. The maximum atomic E-state index is 13.8. The molecule has 168 valence electrons. The average Bonchev–Trinajstić information content (AvgIpc) is 2.73. The number of hydrogen-bond acceptors (Lipinski definition) is 0. The summed E-state index contributed by atoms with van der Waals surface area (Å²) in [7, 11) is 0. The molecule has 0 bridgehead atoms. The highest BCUT2D eigenvalue weighted by Crippen LogP contribution is 2.39. The van der Waals surface area contributed by atoms with E-state index in [9.17, 15) is 17.6 Å². The van der Waals surface area contributed by atoms with Gasteiger partial charge in [0.1, 0.15) is 5.83 Å². The van der Waals surface area contributed by atoms with Gasteiger partial charge in [-0.2, -0.15) is 13.2 Å². The highest BCUT2D eigenvalue weighted by atomic mass is 19.4. The number of alkyl halides is 3. The molecule has 0 radical (unpaired) electrons. The highest BCUT2D eigenvalue weighted by molar-refractivity contribution is 5.26. The van der Waals surface area contributed by atoms with Gasteiger partial charge in [-0.15, -0.1) is 0 Å². The number of halogens is 4. The second kappa shape index (κ2) is 10.8. The Labute approximate surface area is 179 Å². The monoisotopic (exact) mass is 424 g/mol. The van der Waals surface area contributed by atoms with Crippen molar-refractivity contribution in [3.63, 3.8) is 0 Å². The minimum absolute atomic E-state index is 0.157. The molecule has 0 N–H and O–H groups in total. The lowest BCUT2D eigenvalue weighted by atomic mass is 9.77. The van der Waals surface area contributed by atoms with E-state index in [4.69, 9.17) is 0 Å². The maximum Gasteiger partial charge on any atom is 0.412 e. The molecule has 1 aromatic rings. The first-order valence-corrected chi connectivity index (χ1v) is 11.9. The zero-order chi connectivity index (χ0) is 21.6.